The zero-order valence-electron chi connectivity index (χ0n) is 13.5. The topological polar surface area (TPSA) is 73.8 Å². The van der Waals surface area contributed by atoms with Crippen molar-refractivity contribution in [2.24, 2.45) is 0 Å². The molecule has 0 amide bonds. The van der Waals surface area contributed by atoms with Crippen LogP contribution in [0.4, 0.5) is 0 Å². The van der Waals surface area contributed by atoms with Crippen molar-refractivity contribution in [2.75, 3.05) is 13.6 Å². The van der Waals surface area contributed by atoms with Gasteiger partial charge in [0.15, 0.2) is 0 Å². The normalized spacial score (nSPS) is 15.2. The van der Waals surface area contributed by atoms with E-state index in [1.165, 1.54) is 32.1 Å². The molecule has 4 nitrogen and oxygen atoms in total. The van der Waals surface area contributed by atoms with Gasteiger partial charge >= 0.3 is 0 Å². The minimum atomic E-state index is -4.21. The fourth-order valence-electron chi connectivity index (χ4n) is 2.46. The van der Waals surface area contributed by atoms with Gasteiger partial charge in [0.05, 0.1) is 18.3 Å². The van der Waals surface area contributed by atoms with Crippen molar-refractivity contribution in [3.05, 3.63) is 0 Å². The molecular formula is C15H33NO3S. The largest absolute Gasteiger partial charge is 0.748 e. The van der Waals surface area contributed by atoms with E-state index in [0.29, 0.717) is 19.4 Å². The molecule has 20 heavy (non-hydrogen) atoms. The first-order valence-electron chi connectivity index (χ1n) is 8.10. The molecular weight excluding hydrogens is 274 g/mol. The van der Waals surface area contributed by atoms with Gasteiger partial charge in [-0.15, -0.1) is 0 Å². The van der Waals surface area contributed by atoms with Crippen LogP contribution in [0.25, 0.3) is 0 Å². The molecule has 1 unspecified atom stereocenters. The number of unbranched alkanes of at least 4 members (excludes halogenated alkanes) is 7. The minimum absolute atomic E-state index is 0.450. The van der Waals surface area contributed by atoms with Crippen LogP contribution in [-0.2, 0) is 10.1 Å². The molecule has 0 aliphatic heterocycles. The summed E-state index contributed by atoms with van der Waals surface area (Å²) in [6, 6.07) is 0. The number of hydrogen-bond acceptors (Lipinski definition) is 3. The zero-order valence-corrected chi connectivity index (χ0v) is 14.3. The fraction of sp³-hybridized carbons (Fsp3) is 1.00. The summed E-state index contributed by atoms with van der Waals surface area (Å²) < 4.78 is 33.2. The summed E-state index contributed by atoms with van der Waals surface area (Å²) in [6.07, 6.45) is 10.3. The van der Waals surface area contributed by atoms with Crippen LogP contribution < -0.4 is 5.32 Å². The summed E-state index contributed by atoms with van der Waals surface area (Å²) in [5, 5.41) is 1.93. The van der Waals surface area contributed by atoms with Gasteiger partial charge in [-0.25, -0.2) is 8.42 Å². The lowest BCUT2D eigenvalue weighted by Crippen LogP contribution is -2.80. The summed E-state index contributed by atoms with van der Waals surface area (Å²) >= 11 is 0. The van der Waals surface area contributed by atoms with E-state index in [4.69, 9.17) is 0 Å². The van der Waals surface area contributed by atoms with Crippen LogP contribution in [0.2, 0.25) is 0 Å². The van der Waals surface area contributed by atoms with Gasteiger partial charge in [-0.2, -0.15) is 0 Å². The first-order valence-corrected chi connectivity index (χ1v) is 9.51. The number of quaternary nitrogens is 1. The van der Waals surface area contributed by atoms with Gasteiger partial charge < -0.3 is 9.87 Å². The zero-order chi connectivity index (χ0) is 15.5. The van der Waals surface area contributed by atoms with Gasteiger partial charge in [0.2, 0.25) is 0 Å². The molecule has 0 aliphatic carbocycles. The maximum absolute atomic E-state index is 11.4. The molecule has 0 fully saturated rings. The predicted octanol–water partition coefficient (Wildman–Crippen LogP) is 2.40. The van der Waals surface area contributed by atoms with E-state index in [0.717, 1.165) is 19.3 Å². The third-order valence-corrected chi connectivity index (χ3v) is 5.74. The lowest BCUT2D eigenvalue weighted by Gasteiger charge is -2.31. The minimum Gasteiger partial charge on any atom is -0.748 e. The van der Waals surface area contributed by atoms with Crippen LogP contribution in [0.1, 0.15) is 78.1 Å². The number of rotatable bonds is 13. The van der Waals surface area contributed by atoms with E-state index < -0.39 is 14.9 Å². The third-order valence-electron chi connectivity index (χ3n) is 4.12. The molecule has 0 aliphatic rings. The Labute approximate surface area is 125 Å². The van der Waals surface area contributed by atoms with Crippen LogP contribution in [0.3, 0.4) is 0 Å². The van der Waals surface area contributed by atoms with Gasteiger partial charge in [-0.1, -0.05) is 58.3 Å². The highest BCUT2D eigenvalue weighted by atomic mass is 32.2. The molecule has 122 valence electrons. The molecule has 0 aromatic rings. The van der Waals surface area contributed by atoms with Crippen LogP contribution in [0, 0.1) is 0 Å². The Morgan fingerprint density at radius 2 is 1.45 bits per heavy atom. The van der Waals surface area contributed by atoms with E-state index in [1.54, 1.807) is 6.92 Å². The second kappa shape index (κ2) is 10.6. The smallest absolute Gasteiger partial charge is 0.100 e. The Hall–Kier alpha value is -0.130. The summed E-state index contributed by atoms with van der Waals surface area (Å²) in [5.74, 6) is 0. The Morgan fingerprint density at radius 3 is 1.90 bits per heavy atom. The van der Waals surface area contributed by atoms with Crippen molar-refractivity contribution in [3.63, 3.8) is 0 Å². The van der Waals surface area contributed by atoms with Crippen molar-refractivity contribution in [1.82, 2.24) is 0 Å². The van der Waals surface area contributed by atoms with E-state index in [2.05, 4.69) is 6.92 Å². The fourth-order valence-corrected chi connectivity index (χ4v) is 3.22. The summed E-state index contributed by atoms with van der Waals surface area (Å²) in [7, 11) is -2.31. The quantitative estimate of drug-likeness (QED) is 0.419. The monoisotopic (exact) mass is 307 g/mol. The number of nitrogens with two attached hydrogens (primary N) is 1. The van der Waals surface area contributed by atoms with Crippen LogP contribution in [0.5, 0.6) is 0 Å². The van der Waals surface area contributed by atoms with E-state index in [9.17, 15) is 13.0 Å². The molecule has 2 N–H and O–H groups in total. The molecule has 0 saturated heterocycles. The molecule has 0 rings (SSSR count). The van der Waals surface area contributed by atoms with Gasteiger partial charge in [0.25, 0.3) is 0 Å². The van der Waals surface area contributed by atoms with Crippen LogP contribution >= 0.6 is 0 Å². The van der Waals surface area contributed by atoms with E-state index in [-0.39, 0.29) is 0 Å². The van der Waals surface area contributed by atoms with Crippen molar-refractivity contribution in [2.45, 2.75) is 82.8 Å². The molecule has 0 bridgehead atoms. The van der Waals surface area contributed by atoms with E-state index >= 15 is 0 Å². The molecule has 0 saturated carbocycles. The summed E-state index contributed by atoms with van der Waals surface area (Å²) in [5.41, 5.74) is 0. The Balaban J connectivity index is 3.92. The molecule has 1 atom stereocenters. The average Bonchev–Trinajstić information content (AvgIpc) is 2.38. The van der Waals surface area contributed by atoms with Gasteiger partial charge in [0, 0.05) is 6.42 Å². The predicted molar refractivity (Wildman–Crippen MR) is 82.7 cm³/mol. The molecule has 0 spiro atoms. The summed E-state index contributed by atoms with van der Waals surface area (Å²) in [6.45, 7) is 4.51. The lowest BCUT2D eigenvalue weighted by molar-refractivity contribution is -0.627. The SMILES string of the molecule is CCCCCCCCCCC(C)(CC[NH2+]C)S(=O)(=O)[O-]. The Bertz CT molecular complexity index is 330. The second-order valence-electron chi connectivity index (χ2n) is 6.08. The molecule has 0 heterocycles. The Morgan fingerprint density at radius 1 is 0.950 bits per heavy atom. The molecule has 5 heteroatoms. The second-order valence-corrected chi connectivity index (χ2v) is 7.97. The van der Waals surface area contributed by atoms with Gasteiger partial charge in [-0.05, 0) is 13.3 Å². The van der Waals surface area contributed by atoms with Gasteiger partial charge in [-0.3, -0.25) is 0 Å². The molecule has 0 aromatic carbocycles. The highest BCUT2D eigenvalue weighted by Crippen LogP contribution is 2.27. The summed E-state index contributed by atoms with van der Waals surface area (Å²) in [4.78, 5) is 0. The first kappa shape index (κ1) is 19.9. The van der Waals surface area contributed by atoms with Gasteiger partial charge in [0.1, 0.15) is 10.1 Å². The number of hydrogen-bond donors (Lipinski definition) is 1. The molecule has 0 radical (unpaired) electrons. The highest BCUT2D eigenvalue weighted by Gasteiger charge is 2.31. The average molecular weight is 308 g/mol. The third kappa shape index (κ3) is 8.22. The highest BCUT2D eigenvalue weighted by molar-refractivity contribution is 7.87. The standard InChI is InChI=1S/C15H33NO3S/c1-4-5-6-7-8-9-10-11-12-15(2,13-14-16-3)20(17,18)19/h16H,4-14H2,1-3H3,(H,17,18,19). The Kier molecular flexibility index (Phi) is 10.5. The van der Waals surface area contributed by atoms with Crippen molar-refractivity contribution >= 4 is 10.1 Å². The van der Waals surface area contributed by atoms with E-state index in [1.807, 2.05) is 12.4 Å². The maximum Gasteiger partial charge on any atom is 0.100 e. The first-order chi connectivity index (χ1) is 9.37. The van der Waals surface area contributed by atoms with Crippen molar-refractivity contribution < 1.29 is 18.3 Å². The van der Waals surface area contributed by atoms with Crippen LogP contribution in [0.15, 0.2) is 0 Å². The van der Waals surface area contributed by atoms with Crippen molar-refractivity contribution in [1.29, 1.82) is 0 Å². The maximum atomic E-state index is 11.4. The molecule has 0 aromatic heterocycles. The van der Waals surface area contributed by atoms with Crippen LogP contribution in [-0.4, -0.2) is 31.3 Å². The van der Waals surface area contributed by atoms with Crippen molar-refractivity contribution in [3.8, 4) is 0 Å². The lowest BCUT2D eigenvalue weighted by atomic mass is 9.97.